The first-order valence-electron chi connectivity index (χ1n) is 5.34. The highest BCUT2D eigenvalue weighted by Crippen LogP contribution is 2.31. The third kappa shape index (κ3) is 4.72. The van der Waals surface area contributed by atoms with Crippen molar-refractivity contribution in [3.8, 4) is 0 Å². The molecule has 1 rings (SSSR count). The van der Waals surface area contributed by atoms with Crippen molar-refractivity contribution >= 4 is 33.1 Å². The van der Waals surface area contributed by atoms with Crippen LogP contribution >= 0.6 is 15.9 Å². The lowest BCUT2D eigenvalue weighted by atomic mass is 10.1. The van der Waals surface area contributed by atoms with E-state index < -0.39 is 27.5 Å². The fraction of sp³-hybridized carbons (Fsp3) is 0.417. The predicted molar refractivity (Wildman–Crippen MR) is 74.6 cm³/mol. The molecule has 0 unspecified atom stereocenters. The summed E-state index contributed by atoms with van der Waals surface area (Å²) in [7, 11) is -1.51. The maximum absolute atomic E-state index is 12.6. The van der Waals surface area contributed by atoms with E-state index in [2.05, 4.69) is 20.3 Å². The second kappa shape index (κ2) is 5.75. The van der Waals surface area contributed by atoms with E-state index in [1.54, 1.807) is 20.8 Å². The Morgan fingerprint density at radius 1 is 1.26 bits per heavy atom. The summed E-state index contributed by atoms with van der Waals surface area (Å²) in [5.74, 6) is 0. The Labute approximate surface area is 120 Å². The molecule has 0 fully saturated rings. The topological polar surface area (TPSA) is 29.4 Å². The van der Waals surface area contributed by atoms with Crippen LogP contribution in [0.3, 0.4) is 0 Å². The van der Waals surface area contributed by atoms with Gasteiger partial charge in [-0.1, -0.05) is 15.9 Å². The van der Waals surface area contributed by atoms with Gasteiger partial charge in [-0.3, -0.25) is 0 Å². The minimum atomic E-state index is -4.41. The van der Waals surface area contributed by atoms with Crippen molar-refractivity contribution < 1.29 is 17.4 Å². The van der Waals surface area contributed by atoms with Gasteiger partial charge in [0.15, 0.2) is 0 Å². The Morgan fingerprint density at radius 2 is 1.84 bits per heavy atom. The Balaban J connectivity index is 3.08. The summed E-state index contributed by atoms with van der Waals surface area (Å²) in [4.78, 5) is 0. The molecule has 0 spiro atoms. The Bertz CT molecular complexity index is 521. The van der Waals surface area contributed by atoms with Crippen LogP contribution in [0, 0.1) is 0 Å². The van der Waals surface area contributed by atoms with Gasteiger partial charge in [0, 0.05) is 16.3 Å². The van der Waals surface area contributed by atoms with Crippen LogP contribution in [-0.4, -0.2) is 15.2 Å². The highest BCUT2D eigenvalue weighted by atomic mass is 79.9. The monoisotopic (exact) mass is 355 g/mol. The zero-order valence-electron chi connectivity index (χ0n) is 10.6. The molecule has 0 aliphatic rings. The van der Waals surface area contributed by atoms with Crippen LogP contribution in [0.5, 0.6) is 0 Å². The van der Waals surface area contributed by atoms with Crippen LogP contribution in [0.4, 0.5) is 13.2 Å². The molecule has 1 atom stereocenters. The van der Waals surface area contributed by atoms with E-state index in [0.717, 1.165) is 12.1 Å². The second-order valence-corrected chi connectivity index (χ2v) is 7.62. The fourth-order valence-corrected chi connectivity index (χ4v) is 1.96. The first-order valence-corrected chi connectivity index (χ1v) is 7.24. The SMILES string of the molecule is CC(C)(C)[S@](=O)N=Cc1cc(C(F)(F)F)ccc1Br. The summed E-state index contributed by atoms with van der Waals surface area (Å²) in [5, 5.41) is 0. The number of nitrogens with zero attached hydrogens (tertiary/aromatic N) is 1. The summed E-state index contributed by atoms with van der Waals surface area (Å²) in [6.45, 7) is 5.21. The van der Waals surface area contributed by atoms with Crippen molar-refractivity contribution in [2.24, 2.45) is 4.40 Å². The van der Waals surface area contributed by atoms with Crippen LogP contribution in [0.1, 0.15) is 31.9 Å². The predicted octanol–water partition coefficient (Wildman–Crippen LogP) is 4.35. The number of halogens is 4. The Kier molecular flexibility index (Phi) is 4.95. The van der Waals surface area contributed by atoms with Crippen molar-refractivity contribution in [3.05, 3.63) is 33.8 Å². The number of rotatable bonds is 2. The van der Waals surface area contributed by atoms with Gasteiger partial charge in [-0.05, 0) is 39.0 Å². The van der Waals surface area contributed by atoms with E-state index >= 15 is 0 Å². The van der Waals surface area contributed by atoms with Crippen LogP contribution in [0.25, 0.3) is 0 Å². The molecule has 7 heteroatoms. The molecule has 0 bridgehead atoms. The van der Waals surface area contributed by atoms with E-state index in [-0.39, 0.29) is 5.56 Å². The molecule has 0 saturated heterocycles. The maximum Gasteiger partial charge on any atom is 0.416 e. The second-order valence-electron chi connectivity index (χ2n) is 4.83. The van der Waals surface area contributed by atoms with Crippen molar-refractivity contribution in [2.45, 2.75) is 31.7 Å². The third-order valence-electron chi connectivity index (χ3n) is 2.13. The van der Waals surface area contributed by atoms with Gasteiger partial charge in [0.1, 0.15) is 11.0 Å². The lowest BCUT2D eigenvalue weighted by Gasteiger charge is -2.13. The lowest BCUT2D eigenvalue weighted by Crippen LogP contribution is -2.19. The fourth-order valence-electron chi connectivity index (χ4n) is 1.08. The third-order valence-corrected chi connectivity index (χ3v) is 4.20. The lowest BCUT2D eigenvalue weighted by molar-refractivity contribution is -0.137. The Morgan fingerprint density at radius 3 is 2.32 bits per heavy atom. The van der Waals surface area contributed by atoms with Gasteiger partial charge in [-0.2, -0.15) is 17.6 Å². The maximum atomic E-state index is 12.6. The molecule has 1 aromatic carbocycles. The molecule has 0 N–H and O–H groups in total. The minimum absolute atomic E-state index is 0.243. The molecule has 0 heterocycles. The molecule has 0 saturated carbocycles. The minimum Gasteiger partial charge on any atom is -0.234 e. The largest absolute Gasteiger partial charge is 0.416 e. The summed E-state index contributed by atoms with van der Waals surface area (Å²) in [6.07, 6.45) is -3.22. The average Bonchev–Trinajstić information content (AvgIpc) is 2.24. The number of hydrogen-bond acceptors (Lipinski definition) is 1. The molecule has 0 aliphatic carbocycles. The van der Waals surface area contributed by atoms with E-state index in [0.29, 0.717) is 4.47 Å². The number of hydrogen-bond donors (Lipinski definition) is 0. The quantitative estimate of drug-likeness (QED) is 0.725. The van der Waals surface area contributed by atoms with E-state index in [4.69, 9.17) is 0 Å². The zero-order valence-corrected chi connectivity index (χ0v) is 13.0. The molecule has 1 aromatic rings. The summed E-state index contributed by atoms with van der Waals surface area (Å²) in [5.41, 5.74) is -0.522. The Hall–Kier alpha value is -0.690. The summed E-state index contributed by atoms with van der Waals surface area (Å²) in [6, 6.07) is 3.24. The molecule has 106 valence electrons. The first-order chi connectivity index (χ1) is 8.51. The highest BCUT2D eigenvalue weighted by Gasteiger charge is 2.30. The van der Waals surface area contributed by atoms with E-state index in [1.807, 2.05) is 0 Å². The molecule has 19 heavy (non-hydrogen) atoms. The summed E-state index contributed by atoms with van der Waals surface area (Å²) >= 11 is 3.14. The van der Waals surface area contributed by atoms with Gasteiger partial charge in [0.25, 0.3) is 0 Å². The normalized spacial score (nSPS) is 14.9. The number of benzene rings is 1. The van der Waals surface area contributed by atoms with Gasteiger partial charge in [-0.25, -0.2) is 4.21 Å². The standard InChI is InChI=1S/C12H13BrF3NOS/c1-11(2,3)19(18)17-7-8-6-9(12(14,15)16)4-5-10(8)13/h4-7H,1-3H3/t19-/m0/s1. The molecule has 0 radical (unpaired) electrons. The van der Waals surface area contributed by atoms with E-state index in [9.17, 15) is 17.4 Å². The van der Waals surface area contributed by atoms with Crippen LogP contribution < -0.4 is 0 Å². The van der Waals surface area contributed by atoms with Crippen LogP contribution in [0.15, 0.2) is 27.1 Å². The van der Waals surface area contributed by atoms with Crippen molar-refractivity contribution in [3.63, 3.8) is 0 Å². The molecular formula is C12H13BrF3NOS. The molecule has 0 aromatic heterocycles. The zero-order chi connectivity index (χ0) is 14.8. The molecular weight excluding hydrogens is 343 g/mol. The number of alkyl halides is 3. The van der Waals surface area contributed by atoms with Crippen LogP contribution in [-0.2, 0) is 17.2 Å². The molecule has 2 nitrogen and oxygen atoms in total. The average molecular weight is 356 g/mol. The van der Waals surface area contributed by atoms with Gasteiger partial charge in [-0.15, -0.1) is 0 Å². The van der Waals surface area contributed by atoms with Crippen LogP contribution in [0.2, 0.25) is 0 Å². The van der Waals surface area contributed by atoms with Gasteiger partial charge in [0.05, 0.1) is 10.3 Å². The van der Waals surface area contributed by atoms with E-state index in [1.165, 1.54) is 12.3 Å². The van der Waals surface area contributed by atoms with Crippen molar-refractivity contribution in [1.82, 2.24) is 0 Å². The van der Waals surface area contributed by atoms with Gasteiger partial charge < -0.3 is 0 Å². The summed E-state index contributed by atoms with van der Waals surface area (Å²) < 4.78 is 53.1. The first kappa shape index (κ1) is 16.4. The smallest absolute Gasteiger partial charge is 0.234 e. The highest BCUT2D eigenvalue weighted by molar-refractivity contribution is 9.10. The van der Waals surface area contributed by atoms with Gasteiger partial charge in [0.2, 0.25) is 0 Å². The van der Waals surface area contributed by atoms with Gasteiger partial charge >= 0.3 is 6.18 Å². The van der Waals surface area contributed by atoms with Crippen molar-refractivity contribution in [1.29, 1.82) is 0 Å². The van der Waals surface area contributed by atoms with Crippen molar-refractivity contribution in [2.75, 3.05) is 0 Å². The molecule has 0 aliphatic heterocycles. The molecule has 0 amide bonds.